The van der Waals surface area contributed by atoms with E-state index >= 15 is 0 Å². The summed E-state index contributed by atoms with van der Waals surface area (Å²) >= 11 is 7.17. The van der Waals surface area contributed by atoms with Gasteiger partial charge in [-0.05, 0) is 18.6 Å². The molecule has 0 aliphatic carbocycles. The van der Waals surface area contributed by atoms with Gasteiger partial charge in [-0.25, -0.2) is 9.78 Å². The summed E-state index contributed by atoms with van der Waals surface area (Å²) in [6, 6.07) is 1.50. The standard InChI is InChI=1S/C9H7ClN2O2S/c1-3-6(10)4(8(13)14)2-5-7(3)12-9(11)15-5/h2H,1H3,(H2,11,12)(H,13,14). The number of fused-ring (bicyclic) bond motifs is 1. The molecule has 0 unspecified atom stereocenters. The fourth-order valence-corrected chi connectivity index (χ4v) is 2.43. The second-order valence-electron chi connectivity index (χ2n) is 3.07. The van der Waals surface area contributed by atoms with Crippen molar-refractivity contribution in [2.24, 2.45) is 0 Å². The quantitative estimate of drug-likeness (QED) is 0.806. The molecule has 0 radical (unpaired) electrons. The van der Waals surface area contributed by atoms with Crippen LogP contribution in [-0.4, -0.2) is 16.1 Å². The van der Waals surface area contributed by atoms with E-state index in [0.717, 1.165) is 4.70 Å². The van der Waals surface area contributed by atoms with Crippen molar-refractivity contribution >= 4 is 44.3 Å². The number of aryl methyl sites for hydroxylation is 1. The highest BCUT2D eigenvalue weighted by atomic mass is 35.5. The van der Waals surface area contributed by atoms with E-state index in [-0.39, 0.29) is 10.6 Å². The lowest BCUT2D eigenvalue weighted by Gasteiger charge is -2.02. The minimum absolute atomic E-state index is 0.0883. The van der Waals surface area contributed by atoms with Crippen LogP contribution < -0.4 is 5.73 Å². The highest BCUT2D eigenvalue weighted by molar-refractivity contribution is 7.22. The van der Waals surface area contributed by atoms with Crippen LogP contribution >= 0.6 is 22.9 Å². The van der Waals surface area contributed by atoms with Crippen LogP contribution in [0.5, 0.6) is 0 Å². The third-order valence-corrected chi connectivity index (χ3v) is 3.42. The topological polar surface area (TPSA) is 76.2 Å². The summed E-state index contributed by atoms with van der Waals surface area (Å²) in [5, 5.41) is 9.56. The molecule has 1 aromatic heterocycles. The minimum atomic E-state index is -1.04. The molecule has 4 nitrogen and oxygen atoms in total. The number of aromatic nitrogens is 1. The van der Waals surface area contributed by atoms with E-state index < -0.39 is 5.97 Å². The Balaban J connectivity index is 2.87. The maximum absolute atomic E-state index is 10.9. The second-order valence-corrected chi connectivity index (χ2v) is 4.51. The largest absolute Gasteiger partial charge is 0.478 e. The molecule has 0 atom stereocenters. The van der Waals surface area contributed by atoms with Gasteiger partial charge in [-0.1, -0.05) is 22.9 Å². The highest BCUT2D eigenvalue weighted by Gasteiger charge is 2.16. The minimum Gasteiger partial charge on any atom is -0.478 e. The Hall–Kier alpha value is -1.33. The number of halogens is 1. The number of thiazole rings is 1. The van der Waals surface area contributed by atoms with Crippen LogP contribution in [0.3, 0.4) is 0 Å². The number of carboxylic acids is 1. The van der Waals surface area contributed by atoms with Crippen molar-refractivity contribution in [2.45, 2.75) is 6.92 Å². The summed E-state index contributed by atoms with van der Waals surface area (Å²) in [6.45, 7) is 1.73. The third kappa shape index (κ3) is 1.53. The molecule has 0 amide bonds. The van der Waals surface area contributed by atoms with Crippen LogP contribution in [0.1, 0.15) is 15.9 Å². The van der Waals surface area contributed by atoms with Gasteiger partial charge < -0.3 is 10.8 Å². The van der Waals surface area contributed by atoms with Gasteiger partial charge in [0, 0.05) is 0 Å². The molecular formula is C9H7ClN2O2S. The molecule has 6 heteroatoms. The van der Waals surface area contributed by atoms with E-state index in [1.165, 1.54) is 17.4 Å². The molecule has 0 fully saturated rings. The van der Waals surface area contributed by atoms with Crippen molar-refractivity contribution in [3.05, 3.63) is 22.2 Å². The zero-order valence-corrected chi connectivity index (χ0v) is 9.32. The first-order valence-corrected chi connectivity index (χ1v) is 5.28. The Morgan fingerprint density at radius 3 is 2.93 bits per heavy atom. The molecule has 0 saturated heterocycles. The van der Waals surface area contributed by atoms with E-state index in [1.54, 1.807) is 6.92 Å². The van der Waals surface area contributed by atoms with Gasteiger partial charge in [0.05, 0.1) is 20.8 Å². The average Bonchev–Trinajstić information content (AvgIpc) is 2.52. The molecular weight excluding hydrogens is 236 g/mol. The van der Waals surface area contributed by atoms with E-state index in [2.05, 4.69) is 4.98 Å². The Kier molecular flexibility index (Phi) is 2.28. The first kappa shape index (κ1) is 10.2. The summed E-state index contributed by atoms with van der Waals surface area (Å²) in [5.74, 6) is -1.04. The summed E-state index contributed by atoms with van der Waals surface area (Å²) in [6.07, 6.45) is 0. The number of carbonyl (C=O) groups is 1. The molecule has 0 bridgehead atoms. The molecule has 1 aromatic carbocycles. The fourth-order valence-electron chi connectivity index (χ4n) is 1.37. The smallest absolute Gasteiger partial charge is 0.337 e. The normalized spacial score (nSPS) is 10.8. The molecule has 15 heavy (non-hydrogen) atoms. The Morgan fingerprint density at radius 1 is 1.67 bits per heavy atom. The van der Waals surface area contributed by atoms with E-state index in [1.807, 2.05) is 0 Å². The van der Waals surface area contributed by atoms with Crippen LogP contribution in [0.4, 0.5) is 5.13 Å². The van der Waals surface area contributed by atoms with E-state index in [0.29, 0.717) is 16.2 Å². The van der Waals surface area contributed by atoms with Gasteiger partial charge in [0.1, 0.15) is 0 Å². The Labute approximate surface area is 94.3 Å². The predicted octanol–water partition coefficient (Wildman–Crippen LogP) is 2.54. The molecule has 0 aliphatic rings. The number of nitrogens with two attached hydrogens (primary N) is 1. The Bertz CT molecular complexity index is 565. The lowest BCUT2D eigenvalue weighted by molar-refractivity contribution is 0.0697. The van der Waals surface area contributed by atoms with Gasteiger partial charge in [0.25, 0.3) is 0 Å². The van der Waals surface area contributed by atoms with Crippen LogP contribution in [0.2, 0.25) is 5.02 Å². The Morgan fingerprint density at radius 2 is 2.33 bits per heavy atom. The van der Waals surface area contributed by atoms with Crippen molar-refractivity contribution in [2.75, 3.05) is 5.73 Å². The molecule has 0 spiro atoms. The molecule has 2 rings (SSSR count). The van der Waals surface area contributed by atoms with Gasteiger partial charge in [-0.2, -0.15) is 0 Å². The molecule has 78 valence electrons. The first-order valence-electron chi connectivity index (χ1n) is 4.09. The van der Waals surface area contributed by atoms with Crippen LogP contribution in [-0.2, 0) is 0 Å². The van der Waals surface area contributed by atoms with Gasteiger partial charge in [0.15, 0.2) is 5.13 Å². The molecule has 0 saturated carbocycles. The van der Waals surface area contributed by atoms with Crippen molar-refractivity contribution in [3.8, 4) is 0 Å². The monoisotopic (exact) mass is 242 g/mol. The number of anilines is 1. The van der Waals surface area contributed by atoms with Crippen LogP contribution in [0.15, 0.2) is 6.07 Å². The van der Waals surface area contributed by atoms with Crippen molar-refractivity contribution < 1.29 is 9.90 Å². The summed E-state index contributed by atoms with van der Waals surface area (Å²) < 4.78 is 0.742. The number of nitrogens with zero attached hydrogens (tertiary/aromatic N) is 1. The summed E-state index contributed by atoms with van der Waals surface area (Å²) in [5.41, 5.74) is 6.97. The molecule has 0 aliphatic heterocycles. The number of rotatable bonds is 1. The maximum Gasteiger partial charge on any atom is 0.337 e. The first-order chi connectivity index (χ1) is 7.00. The molecule has 3 N–H and O–H groups in total. The fraction of sp³-hybridized carbons (Fsp3) is 0.111. The van der Waals surface area contributed by atoms with E-state index in [9.17, 15) is 4.79 Å². The molecule has 1 heterocycles. The summed E-state index contributed by atoms with van der Waals surface area (Å²) in [4.78, 5) is 15.0. The summed E-state index contributed by atoms with van der Waals surface area (Å²) in [7, 11) is 0. The van der Waals surface area contributed by atoms with Gasteiger partial charge in [0.2, 0.25) is 0 Å². The van der Waals surface area contributed by atoms with Crippen LogP contribution in [0, 0.1) is 6.92 Å². The zero-order chi connectivity index (χ0) is 11.2. The van der Waals surface area contributed by atoms with Crippen molar-refractivity contribution in [3.63, 3.8) is 0 Å². The lowest BCUT2D eigenvalue weighted by Crippen LogP contribution is -1.98. The average molecular weight is 243 g/mol. The van der Waals surface area contributed by atoms with Gasteiger partial charge in [-0.3, -0.25) is 0 Å². The van der Waals surface area contributed by atoms with Gasteiger partial charge >= 0.3 is 5.97 Å². The predicted molar refractivity (Wildman–Crippen MR) is 60.7 cm³/mol. The number of nitrogen functional groups attached to an aromatic ring is 1. The van der Waals surface area contributed by atoms with Crippen molar-refractivity contribution in [1.82, 2.24) is 4.98 Å². The SMILES string of the molecule is Cc1c(Cl)c(C(=O)O)cc2sc(N)nc12. The number of benzene rings is 1. The highest BCUT2D eigenvalue weighted by Crippen LogP contribution is 2.33. The molecule has 2 aromatic rings. The number of aromatic carboxylic acids is 1. The second kappa shape index (κ2) is 3.36. The van der Waals surface area contributed by atoms with Crippen LogP contribution in [0.25, 0.3) is 10.2 Å². The number of hydrogen-bond acceptors (Lipinski definition) is 4. The third-order valence-electron chi connectivity index (χ3n) is 2.10. The number of hydrogen-bond donors (Lipinski definition) is 2. The van der Waals surface area contributed by atoms with E-state index in [4.69, 9.17) is 22.4 Å². The zero-order valence-electron chi connectivity index (χ0n) is 7.74. The number of carboxylic acid groups (broad SMARTS) is 1. The van der Waals surface area contributed by atoms with Gasteiger partial charge in [-0.15, -0.1) is 0 Å². The lowest BCUT2D eigenvalue weighted by atomic mass is 10.1. The van der Waals surface area contributed by atoms with Crippen molar-refractivity contribution in [1.29, 1.82) is 0 Å². The maximum atomic E-state index is 10.9.